The van der Waals surface area contributed by atoms with Crippen molar-refractivity contribution in [1.82, 2.24) is 0 Å². The predicted molar refractivity (Wildman–Crippen MR) is 77.2 cm³/mol. The third-order valence-corrected chi connectivity index (χ3v) is 4.54. The average molecular weight is 304 g/mol. The van der Waals surface area contributed by atoms with E-state index in [1.54, 1.807) is 7.11 Å². The Bertz CT molecular complexity index is 407. The van der Waals surface area contributed by atoms with Crippen LogP contribution in [0, 0.1) is 20.8 Å². The minimum Gasteiger partial charge on any atom is -0.494 e. The van der Waals surface area contributed by atoms with Crippen molar-refractivity contribution < 1.29 is 4.74 Å². The summed E-state index contributed by atoms with van der Waals surface area (Å²) in [5, 5.41) is 0. The Balaban J connectivity index is 3.57. The van der Waals surface area contributed by atoms with Crippen LogP contribution in [0.2, 0.25) is 0 Å². The van der Waals surface area contributed by atoms with E-state index in [-0.39, 0.29) is 0 Å². The molecule has 0 N–H and O–H groups in total. The van der Waals surface area contributed by atoms with Crippen molar-refractivity contribution >= 4 is 34.2 Å². The van der Waals surface area contributed by atoms with Gasteiger partial charge in [-0.05, 0) is 37.5 Å². The first kappa shape index (κ1) is 13.7. The van der Waals surface area contributed by atoms with Crippen molar-refractivity contribution in [3.8, 4) is 5.75 Å². The number of thiol groups is 1. The Kier molecular flexibility index (Phi) is 4.56. The molecule has 1 aromatic rings. The summed E-state index contributed by atoms with van der Waals surface area (Å²) < 4.78 is 6.67. The SMILES string of the molecule is COc1c(C)c(C)c(Br)c(C)c1N(C)CS. The van der Waals surface area contributed by atoms with Gasteiger partial charge in [0.25, 0.3) is 0 Å². The zero-order valence-corrected chi connectivity index (χ0v) is 12.9. The lowest BCUT2D eigenvalue weighted by atomic mass is 10.0. The van der Waals surface area contributed by atoms with E-state index in [1.165, 1.54) is 16.7 Å². The van der Waals surface area contributed by atoms with Gasteiger partial charge in [-0.1, -0.05) is 15.9 Å². The van der Waals surface area contributed by atoms with Crippen molar-refractivity contribution in [1.29, 1.82) is 0 Å². The molecule has 0 saturated carbocycles. The van der Waals surface area contributed by atoms with Crippen molar-refractivity contribution in [2.75, 3.05) is 24.9 Å². The van der Waals surface area contributed by atoms with Crippen LogP contribution >= 0.6 is 28.6 Å². The molecule has 0 saturated heterocycles. The van der Waals surface area contributed by atoms with Gasteiger partial charge in [-0.2, -0.15) is 12.6 Å². The maximum Gasteiger partial charge on any atom is 0.145 e. The first-order valence-electron chi connectivity index (χ1n) is 5.10. The second-order valence-electron chi connectivity index (χ2n) is 3.91. The summed E-state index contributed by atoms with van der Waals surface area (Å²) in [7, 11) is 3.73. The molecule has 0 atom stereocenters. The first-order chi connectivity index (χ1) is 7.45. The van der Waals surface area contributed by atoms with Crippen LogP contribution in [0.15, 0.2) is 4.47 Å². The van der Waals surface area contributed by atoms with Crippen LogP contribution in [0.3, 0.4) is 0 Å². The fraction of sp³-hybridized carbons (Fsp3) is 0.500. The average Bonchev–Trinajstić information content (AvgIpc) is 2.29. The monoisotopic (exact) mass is 303 g/mol. The van der Waals surface area contributed by atoms with Gasteiger partial charge in [0.2, 0.25) is 0 Å². The molecule has 0 aromatic heterocycles. The molecular weight excluding hydrogens is 286 g/mol. The summed E-state index contributed by atoms with van der Waals surface area (Å²) in [4.78, 5) is 2.08. The fourth-order valence-corrected chi connectivity index (χ4v) is 2.47. The summed E-state index contributed by atoms with van der Waals surface area (Å²) >= 11 is 7.94. The minimum atomic E-state index is 0.659. The zero-order valence-electron chi connectivity index (χ0n) is 10.4. The van der Waals surface area contributed by atoms with Gasteiger partial charge < -0.3 is 9.64 Å². The highest BCUT2D eigenvalue weighted by Crippen LogP contribution is 2.41. The standard InChI is InChI=1S/C12H18BrNOS/c1-7-8(2)12(15-5)11(14(4)6-16)9(3)10(7)13/h16H,6H2,1-5H3. The van der Waals surface area contributed by atoms with E-state index < -0.39 is 0 Å². The summed E-state index contributed by atoms with van der Waals surface area (Å²) in [6.07, 6.45) is 0. The number of ether oxygens (including phenoxy) is 1. The van der Waals surface area contributed by atoms with Gasteiger partial charge in [-0.15, -0.1) is 0 Å². The second kappa shape index (κ2) is 5.32. The van der Waals surface area contributed by atoms with Gasteiger partial charge in [0.15, 0.2) is 0 Å². The van der Waals surface area contributed by atoms with Crippen LogP contribution in [0.1, 0.15) is 16.7 Å². The first-order valence-corrected chi connectivity index (χ1v) is 6.53. The Labute approximate surface area is 112 Å². The van der Waals surface area contributed by atoms with Crippen LogP contribution in [0.4, 0.5) is 5.69 Å². The van der Waals surface area contributed by atoms with Crippen LogP contribution in [-0.2, 0) is 0 Å². The molecule has 2 nitrogen and oxygen atoms in total. The Morgan fingerprint density at radius 3 is 2.19 bits per heavy atom. The van der Waals surface area contributed by atoms with Gasteiger partial charge in [-0.3, -0.25) is 0 Å². The fourth-order valence-electron chi connectivity index (χ4n) is 1.85. The molecule has 0 amide bonds. The molecule has 1 aromatic carbocycles. The molecular formula is C12H18BrNOS. The molecule has 0 radical (unpaired) electrons. The maximum atomic E-state index is 5.52. The third-order valence-electron chi connectivity index (χ3n) is 2.93. The number of halogens is 1. The van der Waals surface area contributed by atoms with E-state index in [2.05, 4.69) is 54.2 Å². The summed E-state index contributed by atoms with van der Waals surface area (Å²) in [6, 6.07) is 0. The summed E-state index contributed by atoms with van der Waals surface area (Å²) in [5.41, 5.74) is 4.69. The minimum absolute atomic E-state index is 0.659. The number of hydrogen-bond acceptors (Lipinski definition) is 3. The molecule has 0 aliphatic rings. The van der Waals surface area contributed by atoms with Crippen molar-refractivity contribution in [3.63, 3.8) is 0 Å². The van der Waals surface area contributed by atoms with E-state index in [0.717, 1.165) is 15.9 Å². The normalized spacial score (nSPS) is 10.4. The van der Waals surface area contributed by atoms with Crippen LogP contribution in [-0.4, -0.2) is 20.0 Å². The lowest BCUT2D eigenvalue weighted by Gasteiger charge is -2.25. The highest BCUT2D eigenvalue weighted by molar-refractivity contribution is 9.10. The highest BCUT2D eigenvalue weighted by atomic mass is 79.9. The number of benzene rings is 1. The van der Waals surface area contributed by atoms with E-state index >= 15 is 0 Å². The number of nitrogens with zero attached hydrogens (tertiary/aromatic N) is 1. The van der Waals surface area contributed by atoms with Crippen molar-refractivity contribution in [3.05, 3.63) is 21.2 Å². The van der Waals surface area contributed by atoms with Crippen LogP contribution in [0.25, 0.3) is 0 Å². The molecule has 0 fully saturated rings. The van der Waals surface area contributed by atoms with Crippen molar-refractivity contribution in [2.24, 2.45) is 0 Å². The van der Waals surface area contributed by atoms with Crippen molar-refractivity contribution in [2.45, 2.75) is 20.8 Å². The largest absolute Gasteiger partial charge is 0.494 e. The Morgan fingerprint density at radius 1 is 1.19 bits per heavy atom. The number of rotatable bonds is 3. The lowest BCUT2D eigenvalue weighted by Crippen LogP contribution is -2.17. The van der Waals surface area contributed by atoms with Gasteiger partial charge >= 0.3 is 0 Å². The molecule has 0 aliphatic carbocycles. The molecule has 0 aliphatic heterocycles. The second-order valence-corrected chi connectivity index (χ2v) is 4.99. The third kappa shape index (κ3) is 2.18. The smallest absolute Gasteiger partial charge is 0.145 e. The van der Waals surface area contributed by atoms with Gasteiger partial charge in [0.1, 0.15) is 5.75 Å². The summed E-state index contributed by atoms with van der Waals surface area (Å²) in [5.74, 6) is 1.60. The maximum absolute atomic E-state index is 5.52. The predicted octanol–water partition coefficient (Wildman–Crippen LogP) is 3.71. The highest BCUT2D eigenvalue weighted by Gasteiger charge is 2.18. The molecule has 0 spiro atoms. The Morgan fingerprint density at radius 2 is 1.75 bits per heavy atom. The molecule has 16 heavy (non-hydrogen) atoms. The molecule has 0 unspecified atom stereocenters. The molecule has 0 heterocycles. The Hall–Kier alpha value is -0.350. The topological polar surface area (TPSA) is 12.5 Å². The lowest BCUT2D eigenvalue weighted by molar-refractivity contribution is 0.411. The molecule has 90 valence electrons. The van der Waals surface area contributed by atoms with E-state index in [1.807, 2.05) is 7.05 Å². The quantitative estimate of drug-likeness (QED) is 0.675. The summed E-state index contributed by atoms with van der Waals surface area (Å²) in [6.45, 7) is 6.27. The van der Waals surface area contributed by atoms with Crippen LogP contribution < -0.4 is 9.64 Å². The van der Waals surface area contributed by atoms with E-state index in [9.17, 15) is 0 Å². The van der Waals surface area contributed by atoms with E-state index in [4.69, 9.17) is 4.74 Å². The zero-order chi connectivity index (χ0) is 12.5. The van der Waals surface area contributed by atoms with E-state index in [0.29, 0.717) is 5.88 Å². The van der Waals surface area contributed by atoms with Crippen LogP contribution in [0.5, 0.6) is 5.75 Å². The number of anilines is 1. The number of hydrogen-bond donors (Lipinski definition) is 1. The van der Waals surface area contributed by atoms with Gasteiger partial charge in [-0.25, -0.2) is 0 Å². The number of methoxy groups -OCH3 is 1. The molecule has 4 heteroatoms. The molecule has 1 rings (SSSR count). The molecule has 0 bridgehead atoms. The van der Waals surface area contributed by atoms with Gasteiger partial charge in [0, 0.05) is 11.5 Å². The van der Waals surface area contributed by atoms with Gasteiger partial charge in [0.05, 0.1) is 18.7 Å².